The maximum absolute atomic E-state index is 12.6. The number of hydrogen-bond donors (Lipinski definition) is 2. The van der Waals surface area contributed by atoms with Gasteiger partial charge >= 0.3 is 12.0 Å². The highest BCUT2D eigenvalue weighted by Crippen LogP contribution is 2.26. The van der Waals surface area contributed by atoms with Crippen LogP contribution < -0.4 is 14.9 Å². The number of guanidine groups is 1. The number of hydrazone groups is 1. The summed E-state index contributed by atoms with van der Waals surface area (Å²) in [5.41, 5.74) is 3.54. The molecule has 2 N–H and O–H groups in total. The van der Waals surface area contributed by atoms with Gasteiger partial charge in [-0.1, -0.05) is 4.99 Å². The number of likely N-dealkylation sites (N-methyl/N-ethyl adjacent to an activating group) is 2. The number of nitrogens with zero attached hydrogens (tertiary/aromatic N) is 5. The molecule has 0 saturated carbocycles. The lowest BCUT2D eigenvalue weighted by molar-refractivity contribution is -0.539. The minimum absolute atomic E-state index is 0.146. The number of carbonyl (C=O) groups is 2. The number of ether oxygens (including phenoxy) is 2. The molecule has 2 heterocycles. The molecule has 0 radical (unpaired) electrons. The van der Waals surface area contributed by atoms with Crippen LogP contribution in [-0.4, -0.2) is 96.9 Å². The molecule has 2 aliphatic rings. The number of aliphatic hydroxyl groups is 1. The molecular weight excluding hydrogens is 380 g/mol. The highest BCUT2D eigenvalue weighted by Gasteiger charge is 2.51. The van der Waals surface area contributed by atoms with Crippen LogP contribution in [0.2, 0.25) is 0 Å². The molecule has 1 aromatic carbocycles. The van der Waals surface area contributed by atoms with Crippen molar-refractivity contribution in [3.8, 4) is 11.5 Å². The summed E-state index contributed by atoms with van der Waals surface area (Å²) in [7, 11) is 6.06. The Hall–Kier alpha value is -3.47. The summed E-state index contributed by atoms with van der Waals surface area (Å²) in [6, 6.07) is 4.04. The molecule has 1 unspecified atom stereocenters. The second-order valence-electron chi connectivity index (χ2n) is 6.34. The van der Waals surface area contributed by atoms with Gasteiger partial charge < -0.3 is 14.6 Å². The summed E-state index contributed by atoms with van der Waals surface area (Å²) in [5.74, 6) is 1.30. The SMILES string of the molecule is COc1ccc(/C=N/NC2=[N+](CCO)C3C(=O)N(C)C(=O)N(C)C3=N2)cc1OC. The molecule has 1 fully saturated rings. The van der Waals surface area contributed by atoms with Gasteiger partial charge in [0.1, 0.15) is 0 Å². The Morgan fingerprint density at radius 2 is 1.97 bits per heavy atom. The molecule has 11 heteroatoms. The quantitative estimate of drug-likeness (QED) is 0.368. The first-order valence-electron chi connectivity index (χ1n) is 8.82. The fourth-order valence-corrected chi connectivity index (χ4v) is 3.13. The molecule has 0 aliphatic carbocycles. The zero-order valence-electron chi connectivity index (χ0n) is 16.6. The Labute approximate surface area is 167 Å². The van der Waals surface area contributed by atoms with Crippen LogP contribution in [0.1, 0.15) is 5.56 Å². The van der Waals surface area contributed by atoms with Crippen LogP contribution >= 0.6 is 0 Å². The molecule has 29 heavy (non-hydrogen) atoms. The number of amidine groups is 1. The topological polar surface area (TPSA) is 119 Å². The number of rotatable bonds is 6. The van der Waals surface area contributed by atoms with Crippen LogP contribution in [0.5, 0.6) is 11.5 Å². The van der Waals surface area contributed by atoms with Gasteiger partial charge in [0.2, 0.25) is 11.9 Å². The van der Waals surface area contributed by atoms with Crippen molar-refractivity contribution in [3.05, 3.63) is 23.8 Å². The van der Waals surface area contributed by atoms with Gasteiger partial charge in [-0.3, -0.25) is 14.6 Å². The Morgan fingerprint density at radius 1 is 1.24 bits per heavy atom. The summed E-state index contributed by atoms with van der Waals surface area (Å²) < 4.78 is 12.0. The maximum Gasteiger partial charge on any atom is 0.414 e. The molecular formula is C18H23N6O5+. The maximum atomic E-state index is 12.6. The number of imide groups is 1. The summed E-state index contributed by atoms with van der Waals surface area (Å²) in [5, 5.41) is 13.6. The van der Waals surface area contributed by atoms with Crippen molar-refractivity contribution in [1.29, 1.82) is 0 Å². The van der Waals surface area contributed by atoms with E-state index in [-0.39, 0.29) is 24.9 Å². The third-order valence-corrected chi connectivity index (χ3v) is 4.66. The molecule has 1 saturated heterocycles. The van der Waals surface area contributed by atoms with Crippen molar-refractivity contribution in [2.75, 3.05) is 41.5 Å². The molecule has 3 rings (SSSR count). The number of β-amino-alcohol motifs (C(OH)–C–C–N with tert-alkyl or cyclic N) is 1. The van der Waals surface area contributed by atoms with Crippen molar-refractivity contribution < 1.29 is 28.7 Å². The first kappa shape index (κ1) is 20.3. The van der Waals surface area contributed by atoms with Crippen LogP contribution in [0.3, 0.4) is 0 Å². The lowest BCUT2D eigenvalue weighted by atomic mass is 10.1. The highest BCUT2D eigenvalue weighted by molar-refractivity contribution is 6.22. The standard InChI is InChI=1S/C18H22N6O5/c1-22-15-14(16(26)23(2)18(22)27)24(7-8-25)17(20-15)21-19-10-11-5-6-12(28-3)13(9-11)29-4/h5-6,9-10,14,25H,7-8H2,1-4H3/p+1/b19-10+. The van der Waals surface area contributed by atoms with Crippen molar-refractivity contribution >= 4 is 29.9 Å². The lowest BCUT2D eigenvalue weighted by Gasteiger charge is -2.31. The van der Waals surface area contributed by atoms with Gasteiger partial charge in [-0.2, -0.15) is 5.43 Å². The van der Waals surface area contributed by atoms with E-state index in [0.29, 0.717) is 11.5 Å². The first-order valence-corrected chi connectivity index (χ1v) is 8.82. The van der Waals surface area contributed by atoms with Crippen LogP contribution in [0, 0.1) is 0 Å². The van der Waals surface area contributed by atoms with Crippen molar-refractivity contribution in [2.24, 2.45) is 10.1 Å². The minimum Gasteiger partial charge on any atom is -0.493 e. The van der Waals surface area contributed by atoms with Gasteiger partial charge in [-0.15, -0.1) is 5.10 Å². The van der Waals surface area contributed by atoms with E-state index in [0.717, 1.165) is 10.5 Å². The fourth-order valence-electron chi connectivity index (χ4n) is 3.13. The predicted molar refractivity (Wildman–Crippen MR) is 105 cm³/mol. The predicted octanol–water partition coefficient (Wildman–Crippen LogP) is -0.707. The zero-order valence-corrected chi connectivity index (χ0v) is 16.6. The Morgan fingerprint density at radius 3 is 2.62 bits per heavy atom. The number of amides is 3. The molecule has 2 aliphatic heterocycles. The third-order valence-electron chi connectivity index (χ3n) is 4.66. The third kappa shape index (κ3) is 3.63. The highest BCUT2D eigenvalue weighted by atomic mass is 16.5. The Balaban J connectivity index is 1.86. The summed E-state index contributed by atoms with van der Waals surface area (Å²) in [6.07, 6.45) is 1.55. The second kappa shape index (κ2) is 8.27. The van der Waals surface area contributed by atoms with Gasteiger partial charge in [0.15, 0.2) is 11.5 Å². The van der Waals surface area contributed by atoms with Gasteiger partial charge in [0, 0.05) is 14.1 Å². The van der Waals surface area contributed by atoms with E-state index in [4.69, 9.17) is 9.47 Å². The number of aliphatic imine (C=N–C) groups is 1. The van der Waals surface area contributed by atoms with Crippen molar-refractivity contribution in [3.63, 3.8) is 0 Å². The summed E-state index contributed by atoms with van der Waals surface area (Å²) >= 11 is 0. The molecule has 1 atom stereocenters. The number of methoxy groups -OCH3 is 2. The number of urea groups is 1. The molecule has 1 aromatic rings. The monoisotopic (exact) mass is 403 g/mol. The number of fused-ring (bicyclic) bond motifs is 1. The largest absolute Gasteiger partial charge is 0.493 e. The number of hydrogen-bond acceptors (Lipinski definition) is 8. The smallest absolute Gasteiger partial charge is 0.414 e. The number of carbonyl (C=O) groups excluding carboxylic acids is 2. The van der Waals surface area contributed by atoms with Gasteiger partial charge in [-0.25, -0.2) is 9.37 Å². The summed E-state index contributed by atoms with van der Waals surface area (Å²) in [6.45, 7) is -0.0496. The van der Waals surface area contributed by atoms with E-state index < -0.39 is 18.0 Å². The first-order chi connectivity index (χ1) is 13.9. The van der Waals surface area contributed by atoms with Crippen molar-refractivity contribution in [1.82, 2.24) is 15.2 Å². The normalized spacial score (nSPS) is 19.1. The zero-order chi connectivity index (χ0) is 21.1. The molecule has 0 spiro atoms. The van der Waals surface area contributed by atoms with Crippen LogP contribution in [0.4, 0.5) is 4.79 Å². The second-order valence-corrected chi connectivity index (χ2v) is 6.34. The fraction of sp³-hybridized carbons (Fsp3) is 0.389. The van der Waals surface area contributed by atoms with E-state index in [1.807, 2.05) is 0 Å². The number of aliphatic hydroxyl groups excluding tert-OH is 1. The van der Waals surface area contributed by atoms with E-state index >= 15 is 0 Å². The molecule has 0 aromatic heterocycles. The molecule has 154 valence electrons. The molecule has 3 amide bonds. The van der Waals surface area contributed by atoms with Crippen LogP contribution in [0.25, 0.3) is 0 Å². The Kier molecular flexibility index (Phi) is 5.78. The van der Waals surface area contributed by atoms with E-state index in [2.05, 4.69) is 15.5 Å². The minimum atomic E-state index is -0.798. The molecule has 11 nitrogen and oxygen atoms in total. The van der Waals surface area contributed by atoms with Gasteiger partial charge in [-0.05, 0) is 23.8 Å². The van der Waals surface area contributed by atoms with Gasteiger partial charge in [0.25, 0.3) is 5.91 Å². The number of benzene rings is 1. The van der Waals surface area contributed by atoms with E-state index in [1.54, 1.807) is 50.3 Å². The van der Waals surface area contributed by atoms with E-state index in [1.165, 1.54) is 11.9 Å². The van der Waals surface area contributed by atoms with Crippen LogP contribution in [-0.2, 0) is 4.79 Å². The average molecular weight is 403 g/mol. The summed E-state index contributed by atoms with van der Waals surface area (Å²) in [4.78, 5) is 31.4. The number of nitrogens with one attached hydrogen (secondary N) is 1. The lowest BCUT2D eigenvalue weighted by Crippen LogP contribution is -2.61. The van der Waals surface area contributed by atoms with Crippen molar-refractivity contribution in [2.45, 2.75) is 6.04 Å². The van der Waals surface area contributed by atoms with Gasteiger partial charge in [0.05, 0.1) is 33.6 Å². The van der Waals surface area contributed by atoms with Crippen LogP contribution in [0.15, 0.2) is 28.3 Å². The average Bonchev–Trinajstić information content (AvgIpc) is 3.09. The Bertz CT molecular complexity index is 925. The van der Waals surface area contributed by atoms with E-state index in [9.17, 15) is 14.7 Å². The molecule has 0 bridgehead atoms.